The van der Waals surface area contributed by atoms with Crippen LogP contribution < -0.4 is 10.1 Å². The summed E-state index contributed by atoms with van der Waals surface area (Å²) in [6.45, 7) is 0.625. The molecule has 4 aromatic rings. The van der Waals surface area contributed by atoms with Gasteiger partial charge in [0.1, 0.15) is 11.8 Å². The molecule has 1 N–H and O–H groups in total. The van der Waals surface area contributed by atoms with Gasteiger partial charge in [-0.2, -0.15) is 0 Å². The molecule has 5 heteroatoms. The van der Waals surface area contributed by atoms with Gasteiger partial charge in [0.15, 0.2) is 0 Å². The number of hydrogen-bond acceptors (Lipinski definition) is 3. The molecule has 1 atom stereocenters. The first-order chi connectivity index (χ1) is 18.2. The van der Waals surface area contributed by atoms with Gasteiger partial charge in [0, 0.05) is 25.1 Å². The maximum atomic E-state index is 13.8. The Morgan fingerprint density at radius 3 is 1.97 bits per heavy atom. The van der Waals surface area contributed by atoms with Gasteiger partial charge in [0.2, 0.25) is 11.8 Å². The first kappa shape index (κ1) is 25.7. The lowest BCUT2D eigenvalue weighted by atomic mass is 10.0. The number of carbonyl (C=O) groups is 2. The smallest absolute Gasteiger partial charge is 0.247 e. The summed E-state index contributed by atoms with van der Waals surface area (Å²) in [5, 5.41) is 3.05. The van der Waals surface area contributed by atoms with E-state index < -0.39 is 6.04 Å². The molecular weight excluding hydrogens is 460 g/mol. The molecule has 188 valence electrons. The highest BCUT2D eigenvalue weighted by atomic mass is 16.5. The number of methoxy groups -OCH3 is 1. The molecule has 0 aliphatic heterocycles. The van der Waals surface area contributed by atoms with E-state index in [0.717, 1.165) is 22.3 Å². The predicted octanol–water partition coefficient (Wildman–Crippen LogP) is 5.71. The SMILES string of the molecule is COc1ccccc1CNC(=O)C(c1ccccc1)N(Cc1ccccc1)C(=O)CCc1ccccc1. The minimum Gasteiger partial charge on any atom is -0.496 e. The van der Waals surface area contributed by atoms with Crippen molar-refractivity contribution in [1.82, 2.24) is 10.2 Å². The summed E-state index contributed by atoms with van der Waals surface area (Å²) in [4.78, 5) is 29.2. The molecule has 4 aromatic carbocycles. The summed E-state index contributed by atoms with van der Waals surface area (Å²) in [5.41, 5.74) is 3.70. The average Bonchev–Trinajstić information content (AvgIpc) is 2.96. The number of ether oxygens (including phenoxy) is 1. The maximum Gasteiger partial charge on any atom is 0.247 e. The number of benzene rings is 4. The molecule has 4 rings (SSSR count). The third kappa shape index (κ3) is 7.07. The number of amides is 2. The Morgan fingerprint density at radius 1 is 0.757 bits per heavy atom. The van der Waals surface area contributed by atoms with Crippen LogP contribution in [0.3, 0.4) is 0 Å². The Bertz CT molecular complexity index is 1280. The maximum absolute atomic E-state index is 13.8. The zero-order valence-corrected chi connectivity index (χ0v) is 21.0. The standard InChI is InChI=1S/C32H32N2O3/c1-37-29-20-12-11-19-28(29)23-33-32(36)31(27-17-9-4-10-18-27)34(24-26-15-7-3-8-16-26)30(35)22-21-25-13-5-2-6-14-25/h2-20,31H,21-24H2,1H3,(H,33,36). The van der Waals surface area contributed by atoms with Crippen molar-refractivity contribution in [3.8, 4) is 5.75 Å². The van der Waals surface area contributed by atoms with Crippen molar-refractivity contribution in [2.45, 2.75) is 32.0 Å². The zero-order valence-electron chi connectivity index (χ0n) is 21.0. The Labute approximate surface area is 218 Å². The van der Waals surface area contributed by atoms with Crippen LogP contribution in [0.4, 0.5) is 0 Å². The van der Waals surface area contributed by atoms with Crippen LogP contribution in [-0.2, 0) is 29.1 Å². The van der Waals surface area contributed by atoms with E-state index in [2.05, 4.69) is 5.32 Å². The summed E-state index contributed by atoms with van der Waals surface area (Å²) in [6, 6.07) is 36.0. The van der Waals surface area contributed by atoms with Gasteiger partial charge in [-0.15, -0.1) is 0 Å². The zero-order chi connectivity index (χ0) is 25.9. The van der Waals surface area contributed by atoms with Crippen molar-refractivity contribution < 1.29 is 14.3 Å². The first-order valence-electron chi connectivity index (χ1n) is 12.5. The van der Waals surface area contributed by atoms with Crippen LogP contribution in [0.2, 0.25) is 0 Å². The number of nitrogens with one attached hydrogen (secondary N) is 1. The van der Waals surface area contributed by atoms with Gasteiger partial charge in [-0.25, -0.2) is 0 Å². The molecule has 37 heavy (non-hydrogen) atoms. The summed E-state index contributed by atoms with van der Waals surface area (Å²) >= 11 is 0. The minimum atomic E-state index is -0.778. The van der Waals surface area contributed by atoms with Crippen LogP contribution in [0.15, 0.2) is 115 Å². The molecule has 0 bridgehead atoms. The Morgan fingerprint density at radius 2 is 1.32 bits per heavy atom. The highest BCUT2D eigenvalue weighted by Crippen LogP contribution is 2.26. The van der Waals surface area contributed by atoms with E-state index in [0.29, 0.717) is 31.7 Å². The largest absolute Gasteiger partial charge is 0.496 e. The van der Waals surface area contributed by atoms with Gasteiger partial charge in [-0.05, 0) is 29.2 Å². The van der Waals surface area contributed by atoms with E-state index in [4.69, 9.17) is 4.74 Å². The van der Waals surface area contributed by atoms with Crippen molar-refractivity contribution in [2.24, 2.45) is 0 Å². The van der Waals surface area contributed by atoms with E-state index in [1.165, 1.54) is 0 Å². The van der Waals surface area contributed by atoms with Gasteiger partial charge in [-0.3, -0.25) is 9.59 Å². The number of rotatable bonds is 11. The molecule has 1 unspecified atom stereocenters. The lowest BCUT2D eigenvalue weighted by molar-refractivity contribution is -0.141. The topological polar surface area (TPSA) is 58.6 Å². The lowest BCUT2D eigenvalue weighted by Crippen LogP contribution is -2.43. The monoisotopic (exact) mass is 492 g/mol. The van der Waals surface area contributed by atoms with Gasteiger partial charge in [0.05, 0.1) is 7.11 Å². The predicted molar refractivity (Wildman–Crippen MR) is 146 cm³/mol. The highest BCUT2D eigenvalue weighted by Gasteiger charge is 2.31. The fourth-order valence-electron chi connectivity index (χ4n) is 4.38. The summed E-state index contributed by atoms with van der Waals surface area (Å²) in [6.07, 6.45) is 0.912. The molecule has 0 saturated heterocycles. The molecule has 0 saturated carbocycles. The van der Waals surface area contributed by atoms with Crippen molar-refractivity contribution in [3.05, 3.63) is 138 Å². The second-order valence-electron chi connectivity index (χ2n) is 8.84. The molecule has 0 aliphatic carbocycles. The number of para-hydroxylation sites is 1. The minimum absolute atomic E-state index is 0.0750. The van der Waals surface area contributed by atoms with Crippen LogP contribution in [-0.4, -0.2) is 23.8 Å². The fraction of sp³-hybridized carbons (Fsp3) is 0.188. The third-order valence-corrected chi connectivity index (χ3v) is 6.31. The summed E-state index contributed by atoms with van der Waals surface area (Å²) < 4.78 is 5.45. The van der Waals surface area contributed by atoms with Crippen molar-refractivity contribution in [3.63, 3.8) is 0 Å². The Kier molecular flexibility index (Phi) is 9.08. The number of aryl methyl sites for hydroxylation is 1. The van der Waals surface area contributed by atoms with Gasteiger partial charge in [-0.1, -0.05) is 109 Å². The van der Waals surface area contributed by atoms with Gasteiger partial charge >= 0.3 is 0 Å². The number of hydrogen-bond donors (Lipinski definition) is 1. The van der Waals surface area contributed by atoms with Gasteiger partial charge < -0.3 is 15.0 Å². The third-order valence-electron chi connectivity index (χ3n) is 6.31. The Balaban J connectivity index is 1.62. The van der Waals surface area contributed by atoms with E-state index in [1.54, 1.807) is 12.0 Å². The van der Waals surface area contributed by atoms with E-state index >= 15 is 0 Å². The molecular formula is C32H32N2O3. The van der Waals surface area contributed by atoms with Crippen LogP contribution in [0.5, 0.6) is 5.75 Å². The van der Waals surface area contributed by atoms with Crippen LogP contribution in [0, 0.1) is 0 Å². The molecule has 5 nitrogen and oxygen atoms in total. The van der Waals surface area contributed by atoms with Crippen LogP contribution in [0.25, 0.3) is 0 Å². The van der Waals surface area contributed by atoms with E-state index in [9.17, 15) is 9.59 Å². The van der Waals surface area contributed by atoms with E-state index in [1.807, 2.05) is 115 Å². The summed E-state index contributed by atoms with van der Waals surface area (Å²) in [7, 11) is 1.61. The molecule has 0 heterocycles. The molecule has 0 fully saturated rings. The lowest BCUT2D eigenvalue weighted by Gasteiger charge is -2.32. The highest BCUT2D eigenvalue weighted by molar-refractivity contribution is 5.89. The summed E-state index contributed by atoms with van der Waals surface area (Å²) in [5.74, 6) is 0.397. The van der Waals surface area contributed by atoms with Gasteiger partial charge in [0.25, 0.3) is 0 Å². The molecule has 0 aliphatic rings. The molecule has 0 aromatic heterocycles. The number of nitrogens with zero attached hydrogens (tertiary/aromatic N) is 1. The van der Waals surface area contributed by atoms with Crippen molar-refractivity contribution in [2.75, 3.05) is 7.11 Å². The first-order valence-corrected chi connectivity index (χ1v) is 12.5. The number of carbonyl (C=O) groups excluding carboxylic acids is 2. The van der Waals surface area contributed by atoms with Crippen molar-refractivity contribution in [1.29, 1.82) is 0 Å². The second kappa shape index (κ2) is 13.1. The molecule has 2 amide bonds. The van der Waals surface area contributed by atoms with Crippen LogP contribution in [0.1, 0.15) is 34.7 Å². The average molecular weight is 493 g/mol. The van der Waals surface area contributed by atoms with Crippen LogP contribution >= 0.6 is 0 Å². The Hall–Kier alpha value is -4.38. The molecule has 0 radical (unpaired) electrons. The van der Waals surface area contributed by atoms with E-state index in [-0.39, 0.29) is 11.8 Å². The quantitative estimate of drug-likeness (QED) is 0.292. The molecule has 0 spiro atoms. The fourth-order valence-corrected chi connectivity index (χ4v) is 4.38. The normalized spacial score (nSPS) is 11.4. The van der Waals surface area contributed by atoms with Crippen molar-refractivity contribution >= 4 is 11.8 Å². The second-order valence-corrected chi connectivity index (χ2v) is 8.84.